The first kappa shape index (κ1) is 25.5. The molecular formula is C28H32FN5O2S. The predicted molar refractivity (Wildman–Crippen MR) is 144 cm³/mol. The molecule has 3 heterocycles. The molecule has 4 aromatic rings. The van der Waals surface area contributed by atoms with Crippen molar-refractivity contribution in [2.24, 2.45) is 5.92 Å². The maximum atomic E-state index is 13.5. The summed E-state index contributed by atoms with van der Waals surface area (Å²) < 4.78 is 36.0. The largest absolute Gasteiger partial charge is 0.481 e. The zero-order valence-corrected chi connectivity index (χ0v) is 22.4. The Balaban J connectivity index is 1.48. The molecule has 1 fully saturated rings. The van der Waals surface area contributed by atoms with Gasteiger partial charge in [-0.2, -0.15) is 5.10 Å². The lowest BCUT2D eigenvalue weighted by atomic mass is 9.96. The summed E-state index contributed by atoms with van der Waals surface area (Å²) in [5.41, 5.74) is 4.15. The average Bonchev–Trinajstić information content (AvgIpc) is 3.31. The highest BCUT2D eigenvalue weighted by Gasteiger charge is 2.33. The van der Waals surface area contributed by atoms with E-state index in [1.165, 1.54) is 17.7 Å². The third-order valence-corrected chi connectivity index (χ3v) is 8.24. The molecular weight excluding hydrogens is 489 g/mol. The summed E-state index contributed by atoms with van der Waals surface area (Å²) in [4.78, 5) is 7.42. The van der Waals surface area contributed by atoms with Crippen LogP contribution in [0, 0.1) is 18.7 Å². The highest BCUT2D eigenvalue weighted by Crippen LogP contribution is 2.33. The lowest BCUT2D eigenvalue weighted by molar-refractivity contribution is 0.107. The molecule has 7 nitrogen and oxygen atoms in total. The second-order valence-electron chi connectivity index (χ2n) is 9.88. The molecule has 2 aromatic heterocycles. The second kappa shape index (κ2) is 10.7. The monoisotopic (exact) mass is 521 g/mol. The molecule has 37 heavy (non-hydrogen) atoms. The number of aromatic nitrogens is 3. The van der Waals surface area contributed by atoms with Gasteiger partial charge >= 0.3 is 0 Å². The van der Waals surface area contributed by atoms with Gasteiger partial charge in [0.05, 0.1) is 29.4 Å². The van der Waals surface area contributed by atoms with E-state index in [9.17, 15) is 8.60 Å². The van der Waals surface area contributed by atoms with Crippen molar-refractivity contribution < 1.29 is 13.3 Å². The Morgan fingerprint density at radius 3 is 2.57 bits per heavy atom. The molecule has 0 aliphatic carbocycles. The van der Waals surface area contributed by atoms with E-state index in [0.29, 0.717) is 29.8 Å². The van der Waals surface area contributed by atoms with Gasteiger partial charge in [0.15, 0.2) is 0 Å². The molecule has 1 aliphatic rings. The fourth-order valence-electron chi connectivity index (χ4n) is 5.01. The topological polar surface area (TPSA) is 63.5 Å². The van der Waals surface area contributed by atoms with Crippen LogP contribution in [-0.2, 0) is 11.0 Å². The average molecular weight is 522 g/mol. The number of aryl methyl sites for hydroxylation is 1. The van der Waals surface area contributed by atoms with Gasteiger partial charge in [-0.05, 0) is 66.4 Å². The van der Waals surface area contributed by atoms with Crippen molar-refractivity contribution in [1.82, 2.24) is 24.0 Å². The molecule has 1 aliphatic heterocycles. The number of halogens is 1. The Morgan fingerprint density at radius 2 is 1.89 bits per heavy atom. The molecule has 2 unspecified atom stereocenters. The number of fused-ring (bicyclic) bond motifs is 1. The highest BCUT2D eigenvalue weighted by atomic mass is 32.2. The van der Waals surface area contributed by atoms with Crippen molar-refractivity contribution in [3.8, 4) is 11.6 Å². The molecule has 5 rings (SSSR count). The predicted octanol–water partition coefficient (Wildman–Crippen LogP) is 4.91. The van der Waals surface area contributed by atoms with Crippen LogP contribution in [0.5, 0.6) is 5.88 Å². The fourth-order valence-corrected chi connectivity index (χ4v) is 6.16. The Morgan fingerprint density at radius 1 is 1.11 bits per heavy atom. The number of pyridine rings is 1. The zero-order valence-electron chi connectivity index (χ0n) is 21.6. The van der Waals surface area contributed by atoms with Crippen LogP contribution in [0.1, 0.15) is 31.0 Å². The number of hydrogen-bond acceptors (Lipinski definition) is 5. The maximum absolute atomic E-state index is 13.5. The number of nitrogens with zero attached hydrogens (tertiary/aromatic N) is 5. The van der Waals surface area contributed by atoms with Gasteiger partial charge in [-0.25, -0.2) is 22.6 Å². The number of ether oxygens (including phenoxy) is 1. The Hall–Kier alpha value is -3.14. The summed E-state index contributed by atoms with van der Waals surface area (Å²) >= 11 is 0. The highest BCUT2D eigenvalue weighted by molar-refractivity contribution is 7.82. The van der Waals surface area contributed by atoms with Gasteiger partial charge in [0.25, 0.3) is 0 Å². The van der Waals surface area contributed by atoms with E-state index >= 15 is 0 Å². The van der Waals surface area contributed by atoms with Crippen LogP contribution in [0.2, 0.25) is 0 Å². The molecule has 0 bridgehead atoms. The van der Waals surface area contributed by atoms with Gasteiger partial charge in [0.2, 0.25) is 5.88 Å². The molecule has 0 spiro atoms. The van der Waals surface area contributed by atoms with Crippen LogP contribution >= 0.6 is 0 Å². The molecule has 0 amide bonds. The van der Waals surface area contributed by atoms with Crippen molar-refractivity contribution >= 4 is 21.9 Å². The molecule has 0 saturated carbocycles. The number of benzene rings is 2. The minimum atomic E-state index is -1.32. The number of methoxy groups -OCH3 is 1. The van der Waals surface area contributed by atoms with Crippen LogP contribution < -0.4 is 4.74 Å². The molecule has 0 radical (unpaired) electrons. The summed E-state index contributed by atoms with van der Waals surface area (Å²) in [7, 11) is 0.252. The van der Waals surface area contributed by atoms with E-state index in [1.54, 1.807) is 31.5 Å². The summed E-state index contributed by atoms with van der Waals surface area (Å²) in [6.45, 7) is 9.72. The van der Waals surface area contributed by atoms with Crippen molar-refractivity contribution in [1.29, 1.82) is 0 Å². The van der Waals surface area contributed by atoms with Crippen molar-refractivity contribution in [2.45, 2.75) is 31.7 Å². The standard InChI is InChI=1S/C28H32FN5O2S/c1-19(2)17-32-11-12-33(37(35)24-9-10-28(36-4)30-16-24)18-27(32)25-14-21-15-31-34(26(21)13-20(25)3)23-7-5-22(29)6-8-23/h5-10,13-16,19,27H,11-12,17-18H2,1-4H3. The smallest absolute Gasteiger partial charge is 0.212 e. The van der Waals surface area contributed by atoms with E-state index in [1.807, 2.05) is 21.3 Å². The van der Waals surface area contributed by atoms with E-state index in [0.717, 1.165) is 35.2 Å². The van der Waals surface area contributed by atoms with Crippen molar-refractivity contribution in [2.75, 3.05) is 33.3 Å². The van der Waals surface area contributed by atoms with Gasteiger partial charge in [0.1, 0.15) is 16.8 Å². The van der Waals surface area contributed by atoms with E-state index in [-0.39, 0.29) is 11.9 Å². The summed E-state index contributed by atoms with van der Waals surface area (Å²) in [5, 5.41) is 5.61. The number of piperazine rings is 1. The van der Waals surface area contributed by atoms with Gasteiger partial charge in [-0.1, -0.05) is 13.8 Å². The van der Waals surface area contributed by atoms with Crippen molar-refractivity contribution in [3.05, 3.63) is 77.9 Å². The number of hydrogen-bond donors (Lipinski definition) is 0. The Labute approximate surface area is 219 Å². The van der Waals surface area contributed by atoms with E-state index in [2.05, 4.69) is 47.9 Å². The first-order valence-corrected chi connectivity index (χ1v) is 13.6. The van der Waals surface area contributed by atoms with Crippen molar-refractivity contribution in [3.63, 3.8) is 0 Å². The Kier molecular flexibility index (Phi) is 7.37. The molecule has 9 heteroatoms. The fraction of sp³-hybridized carbons (Fsp3) is 0.357. The lowest BCUT2D eigenvalue weighted by Crippen LogP contribution is -2.49. The number of rotatable bonds is 7. The van der Waals surface area contributed by atoms with Crippen LogP contribution in [0.25, 0.3) is 16.6 Å². The first-order chi connectivity index (χ1) is 17.8. The minimum Gasteiger partial charge on any atom is -0.481 e. The molecule has 194 valence electrons. The first-order valence-electron chi connectivity index (χ1n) is 12.5. The van der Waals surface area contributed by atoms with Crippen LogP contribution in [0.3, 0.4) is 0 Å². The minimum absolute atomic E-state index is 0.0879. The van der Waals surface area contributed by atoms with Gasteiger partial charge in [-0.3, -0.25) is 4.90 Å². The lowest BCUT2D eigenvalue weighted by Gasteiger charge is -2.42. The van der Waals surface area contributed by atoms with E-state index < -0.39 is 11.0 Å². The quantitative estimate of drug-likeness (QED) is 0.346. The van der Waals surface area contributed by atoms with Crippen LogP contribution in [-0.4, -0.2) is 61.5 Å². The maximum Gasteiger partial charge on any atom is 0.212 e. The molecule has 1 saturated heterocycles. The van der Waals surface area contributed by atoms with Gasteiger partial charge < -0.3 is 4.74 Å². The van der Waals surface area contributed by atoms with E-state index in [4.69, 9.17) is 4.74 Å². The molecule has 2 aromatic carbocycles. The Bertz CT molecular complexity index is 1400. The molecule has 0 N–H and O–H groups in total. The van der Waals surface area contributed by atoms with Crippen LogP contribution in [0.4, 0.5) is 4.39 Å². The zero-order chi connectivity index (χ0) is 26.1. The van der Waals surface area contributed by atoms with Crippen LogP contribution in [0.15, 0.2) is 65.8 Å². The molecule has 2 atom stereocenters. The second-order valence-corrected chi connectivity index (χ2v) is 11.4. The normalized spacial score (nSPS) is 17.9. The summed E-state index contributed by atoms with van der Waals surface area (Å²) in [6, 6.07) is 14.4. The van der Waals surface area contributed by atoms with Gasteiger partial charge in [0, 0.05) is 49.9 Å². The third kappa shape index (κ3) is 5.30. The SMILES string of the molecule is COc1ccc(S(=O)N2CCN(CC(C)C)C(c3cc4cnn(-c5ccc(F)cc5)c4cc3C)C2)cn1. The third-order valence-electron chi connectivity index (χ3n) is 6.79. The van der Waals surface area contributed by atoms with Gasteiger partial charge in [-0.15, -0.1) is 0 Å². The summed E-state index contributed by atoms with van der Waals surface area (Å²) in [6.07, 6.45) is 3.49. The summed E-state index contributed by atoms with van der Waals surface area (Å²) in [5.74, 6) is 0.745.